The molecule has 20 heavy (non-hydrogen) atoms. The number of rotatable bonds is 3. The highest BCUT2D eigenvalue weighted by Crippen LogP contribution is 2.54. The molecule has 0 radical (unpaired) electrons. The highest BCUT2D eigenvalue weighted by atomic mass is 32.2. The summed E-state index contributed by atoms with van der Waals surface area (Å²) < 4.78 is 37.4. The lowest BCUT2D eigenvalue weighted by atomic mass is 10.0. The van der Waals surface area contributed by atoms with Crippen LogP contribution in [0.3, 0.4) is 0 Å². The van der Waals surface area contributed by atoms with Crippen molar-refractivity contribution in [2.45, 2.75) is 29.7 Å². The first-order chi connectivity index (χ1) is 9.42. The van der Waals surface area contributed by atoms with E-state index in [-0.39, 0.29) is 34.2 Å². The molecular weight excluding hydrogens is 287 g/mol. The molecule has 2 atom stereocenters. The predicted octanol–water partition coefficient (Wildman–Crippen LogP) is 4.28. The fourth-order valence-electron chi connectivity index (χ4n) is 2.95. The predicted molar refractivity (Wildman–Crippen MR) is 71.3 cm³/mol. The number of hydrogen-bond acceptors (Lipinski definition) is 2. The molecule has 3 rings (SSSR count). The summed E-state index contributed by atoms with van der Waals surface area (Å²) in [6.45, 7) is 0. The number of amides is 1. The summed E-state index contributed by atoms with van der Waals surface area (Å²) in [5, 5.41) is 2.66. The third-order valence-corrected chi connectivity index (χ3v) is 4.79. The number of halogens is 3. The maximum absolute atomic E-state index is 12.5. The van der Waals surface area contributed by atoms with Gasteiger partial charge in [-0.3, -0.25) is 4.79 Å². The van der Waals surface area contributed by atoms with Gasteiger partial charge in [0, 0.05) is 10.8 Å². The summed E-state index contributed by atoms with van der Waals surface area (Å²) in [6.07, 6.45) is 2.97. The zero-order valence-electron chi connectivity index (χ0n) is 10.6. The molecule has 2 aliphatic carbocycles. The van der Waals surface area contributed by atoms with E-state index in [0.717, 1.165) is 12.8 Å². The summed E-state index contributed by atoms with van der Waals surface area (Å²) in [5.41, 5.74) is -4.10. The third-order valence-electron chi connectivity index (χ3n) is 3.98. The van der Waals surface area contributed by atoms with Gasteiger partial charge in [-0.15, -0.1) is 0 Å². The van der Waals surface area contributed by atoms with E-state index in [1.54, 1.807) is 6.07 Å². The standard InChI is InChI=1S/C14H14F3NOS/c15-14(16,17)20-12-4-2-1-3-11(12)18-13(19)10-6-8-5-9(8)7-10/h1-4,8-10H,5-7H2,(H,18,19). The fraction of sp³-hybridized carbons (Fsp3) is 0.500. The third kappa shape index (κ3) is 3.11. The highest BCUT2D eigenvalue weighted by molar-refractivity contribution is 8.00. The first-order valence-electron chi connectivity index (χ1n) is 6.58. The normalized spacial score (nSPS) is 28.1. The van der Waals surface area contributed by atoms with Crippen LogP contribution in [0.2, 0.25) is 0 Å². The molecule has 1 aromatic rings. The van der Waals surface area contributed by atoms with Gasteiger partial charge in [-0.05, 0) is 55.0 Å². The van der Waals surface area contributed by atoms with Gasteiger partial charge < -0.3 is 5.32 Å². The van der Waals surface area contributed by atoms with Crippen molar-refractivity contribution in [1.82, 2.24) is 0 Å². The highest BCUT2D eigenvalue weighted by Gasteiger charge is 2.48. The molecule has 0 bridgehead atoms. The van der Waals surface area contributed by atoms with E-state index in [9.17, 15) is 18.0 Å². The average molecular weight is 301 g/mol. The zero-order chi connectivity index (χ0) is 14.3. The van der Waals surface area contributed by atoms with E-state index in [2.05, 4.69) is 5.32 Å². The Morgan fingerprint density at radius 3 is 2.45 bits per heavy atom. The summed E-state index contributed by atoms with van der Waals surface area (Å²) >= 11 is -0.194. The summed E-state index contributed by atoms with van der Waals surface area (Å²) in [7, 11) is 0. The van der Waals surface area contributed by atoms with Crippen molar-refractivity contribution in [1.29, 1.82) is 0 Å². The molecule has 1 N–H and O–H groups in total. The largest absolute Gasteiger partial charge is 0.446 e. The van der Waals surface area contributed by atoms with E-state index in [4.69, 9.17) is 0 Å². The second-order valence-electron chi connectivity index (χ2n) is 5.46. The molecule has 0 aromatic heterocycles. The molecular formula is C14H14F3NOS. The van der Waals surface area contributed by atoms with Crippen LogP contribution in [-0.2, 0) is 4.79 Å². The van der Waals surface area contributed by atoms with Crippen LogP contribution in [0.15, 0.2) is 29.2 Å². The van der Waals surface area contributed by atoms with Crippen LogP contribution in [0, 0.1) is 17.8 Å². The number of benzene rings is 1. The monoisotopic (exact) mass is 301 g/mol. The smallest absolute Gasteiger partial charge is 0.325 e. The van der Waals surface area contributed by atoms with Crippen LogP contribution in [0.4, 0.5) is 18.9 Å². The van der Waals surface area contributed by atoms with Crippen LogP contribution in [0.25, 0.3) is 0 Å². The molecule has 2 fully saturated rings. The van der Waals surface area contributed by atoms with Crippen molar-refractivity contribution >= 4 is 23.4 Å². The van der Waals surface area contributed by atoms with Gasteiger partial charge in [0.05, 0.1) is 5.69 Å². The summed E-state index contributed by atoms with van der Waals surface area (Å²) in [5.74, 6) is 1.16. The Morgan fingerprint density at radius 1 is 1.15 bits per heavy atom. The second kappa shape index (κ2) is 4.98. The van der Waals surface area contributed by atoms with E-state index in [1.165, 1.54) is 24.6 Å². The Labute approximate surface area is 119 Å². The number of nitrogens with one attached hydrogen (secondary N) is 1. The zero-order valence-corrected chi connectivity index (χ0v) is 11.4. The van der Waals surface area contributed by atoms with E-state index in [0.29, 0.717) is 11.8 Å². The lowest BCUT2D eigenvalue weighted by Crippen LogP contribution is -2.22. The van der Waals surface area contributed by atoms with Gasteiger partial charge in [-0.1, -0.05) is 12.1 Å². The van der Waals surface area contributed by atoms with Crippen molar-refractivity contribution < 1.29 is 18.0 Å². The average Bonchev–Trinajstić information content (AvgIpc) is 2.97. The van der Waals surface area contributed by atoms with Gasteiger partial charge in [0.25, 0.3) is 0 Å². The maximum atomic E-state index is 12.5. The number of hydrogen-bond donors (Lipinski definition) is 1. The Morgan fingerprint density at radius 2 is 1.80 bits per heavy atom. The number of para-hydroxylation sites is 1. The lowest BCUT2D eigenvalue weighted by molar-refractivity contribution is -0.120. The van der Waals surface area contributed by atoms with Gasteiger partial charge in [-0.2, -0.15) is 13.2 Å². The van der Waals surface area contributed by atoms with Crippen molar-refractivity contribution in [3.05, 3.63) is 24.3 Å². The number of carbonyl (C=O) groups excluding carboxylic acids is 1. The molecule has 2 nitrogen and oxygen atoms in total. The summed E-state index contributed by atoms with van der Waals surface area (Å²) in [6, 6.07) is 6.05. The molecule has 1 aromatic carbocycles. The first-order valence-corrected chi connectivity index (χ1v) is 7.39. The van der Waals surface area contributed by atoms with Gasteiger partial charge in [0.15, 0.2) is 0 Å². The molecule has 2 saturated carbocycles. The van der Waals surface area contributed by atoms with E-state index < -0.39 is 5.51 Å². The quantitative estimate of drug-likeness (QED) is 0.844. The molecule has 108 valence electrons. The fourth-order valence-corrected chi connectivity index (χ4v) is 3.57. The van der Waals surface area contributed by atoms with E-state index in [1.807, 2.05) is 0 Å². The number of anilines is 1. The Bertz CT molecular complexity index is 521. The minimum atomic E-state index is -4.35. The molecule has 0 saturated heterocycles. The maximum Gasteiger partial charge on any atom is 0.446 e. The van der Waals surface area contributed by atoms with Crippen molar-refractivity contribution in [2.75, 3.05) is 5.32 Å². The van der Waals surface area contributed by atoms with Gasteiger partial charge in [0.2, 0.25) is 5.91 Å². The minimum Gasteiger partial charge on any atom is -0.325 e. The Balaban J connectivity index is 1.68. The van der Waals surface area contributed by atoms with Gasteiger partial charge in [-0.25, -0.2) is 0 Å². The van der Waals surface area contributed by atoms with Crippen LogP contribution in [0.1, 0.15) is 19.3 Å². The van der Waals surface area contributed by atoms with Crippen LogP contribution < -0.4 is 5.32 Å². The van der Waals surface area contributed by atoms with Crippen LogP contribution >= 0.6 is 11.8 Å². The molecule has 6 heteroatoms. The van der Waals surface area contributed by atoms with Crippen molar-refractivity contribution in [3.8, 4) is 0 Å². The van der Waals surface area contributed by atoms with Crippen molar-refractivity contribution in [2.24, 2.45) is 17.8 Å². The van der Waals surface area contributed by atoms with Crippen LogP contribution in [0.5, 0.6) is 0 Å². The minimum absolute atomic E-state index is 0.0384. The number of alkyl halides is 3. The lowest BCUT2D eigenvalue weighted by Gasteiger charge is -2.15. The molecule has 0 spiro atoms. The molecule has 0 aliphatic heterocycles. The molecule has 2 aliphatic rings. The second-order valence-corrected chi connectivity index (χ2v) is 6.56. The van der Waals surface area contributed by atoms with Gasteiger partial charge in [0.1, 0.15) is 0 Å². The van der Waals surface area contributed by atoms with Crippen molar-refractivity contribution in [3.63, 3.8) is 0 Å². The Kier molecular flexibility index (Phi) is 3.44. The molecule has 1 amide bonds. The molecule has 2 unspecified atom stereocenters. The number of carbonyl (C=O) groups is 1. The van der Waals surface area contributed by atoms with Gasteiger partial charge >= 0.3 is 5.51 Å². The summed E-state index contributed by atoms with van der Waals surface area (Å²) in [4.78, 5) is 12.1. The number of thioether (sulfide) groups is 1. The topological polar surface area (TPSA) is 29.1 Å². The Hall–Kier alpha value is -1.17. The molecule has 0 heterocycles. The first kappa shape index (κ1) is 13.8. The SMILES string of the molecule is O=C(Nc1ccccc1SC(F)(F)F)C1CC2CC2C1. The van der Waals surface area contributed by atoms with E-state index >= 15 is 0 Å². The van der Waals surface area contributed by atoms with Crippen LogP contribution in [-0.4, -0.2) is 11.4 Å². The number of fused-ring (bicyclic) bond motifs is 1.